The molecule has 3 aromatic rings. The zero-order chi connectivity index (χ0) is 19.2. The van der Waals surface area contributed by atoms with E-state index in [9.17, 15) is 9.90 Å². The summed E-state index contributed by atoms with van der Waals surface area (Å²) >= 11 is 1.40. The van der Waals surface area contributed by atoms with E-state index in [0.29, 0.717) is 12.0 Å². The minimum atomic E-state index is -0.225. The van der Waals surface area contributed by atoms with Crippen molar-refractivity contribution in [2.75, 3.05) is 5.75 Å². The van der Waals surface area contributed by atoms with Gasteiger partial charge in [-0.1, -0.05) is 30.3 Å². The fourth-order valence-corrected chi connectivity index (χ4v) is 3.50. The van der Waals surface area contributed by atoms with Crippen LogP contribution in [0, 0.1) is 0 Å². The summed E-state index contributed by atoms with van der Waals surface area (Å²) in [6.07, 6.45) is 3.73. The highest BCUT2D eigenvalue weighted by Crippen LogP contribution is 2.21. The number of phenols is 1. The van der Waals surface area contributed by atoms with E-state index < -0.39 is 0 Å². The van der Waals surface area contributed by atoms with Gasteiger partial charge in [-0.3, -0.25) is 4.79 Å². The number of nitrogens with zero attached hydrogens (tertiary/aromatic N) is 2. The molecule has 7 heteroatoms. The predicted molar refractivity (Wildman–Crippen MR) is 108 cm³/mol. The number of carbonyl (C=O) groups is 1. The number of benzene rings is 2. The van der Waals surface area contributed by atoms with Crippen molar-refractivity contribution in [1.29, 1.82) is 0 Å². The SMILES string of the molecule is C=CCc1cccc(/C=N/NC(=O)CSc2[nH]c3ccccc3[n+]2C)c1O. The molecule has 3 N–H and O–H groups in total. The van der Waals surface area contributed by atoms with Crippen molar-refractivity contribution in [1.82, 2.24) is 10.4 Å². The van der Waals surface area contributed by atoms with Gasteiger partial charge in [-0.25, -0.2) is 15.0 Å². The summed E-state index contributed by atoms with van der Waals surface area (Å²) in [5, 5.41) is 15.0. The molecule has 0 saturated heterocycles. The van der Waals surface area contributed by atoms with Crippen molar-refractivity contribution in [3.8, 4) is 5.75 Å². The van der Waals surface area contributed by atoms with E-state index >= 15 is 0 Å². The lowest BCUT2D eigenvalue weighted by Gasteiger charge is -2.04. The van der Waals surface area contributed by atoms with Crippen LogP contribution in [-0.4, -0.2) is 28.0 Å². The predicted octanol–water partition coefficient (Wildman–Crippen LogP) is 2.67. The van der Waals surface area contributed by atoms with Crippen LogP contribution in [0.1, 0.15) is 11.1 Å². The number of imidazole rings is 1. The lowest BCUT2D eigenvalue weighted by atomic mass is 10.1. The van der Waals surface area contributed by atoms with Crippen LogP contribution in [0.25, 0.3) is 11.0 Å². The van der Waals surface area contributed by atoms with Gasteiger partial charge in [0.05, 0.1) is 19.0 Å². The Bertz CT molecular complexity index is 1010. The quantitative estimate of drug-likeness (QED) is 0.193. The number of aryl methyl sites for hydroxylation is 1. The van der Waals surface area contributed by atoms with Gasteiger partial charge in [-0.15, -0.1) is 6.58 Å². The Hall–Kier alpha value is -3.06. The number of hydrazone groups is 1. The van der Waals surface area contributed by atoms with Crippen molar-refractivity contribution < 1.29 is 14.5 Å². The van der Waals surface area contributed by atoms with Gasteiger partial charge in [0.2, 0.25) is 0 Å². The van der Waals surface area contributed by atoms with E-state index in [1.807, 2.05) is 48.0 Å². The third-order valence-electron chi connectivity index (χ3n) is 4.06. The minimum Gasteiger partial charge on any atom is -0.507 e. The second kappa shape index (κ2) is 8.55. The maximum absolute atomic E-state index is 12.0. The molecule has 0 unspecified atom stereocenters. The highest BCUT2D eigenvalue weighted by atomic mass is 32.2. The number of nitrogens with one attached hydrogen (secondary N) is 2. The Morgan fingerprint density at radius 2 is 2.15 bits per heavy atom. The molecule has 1 heterocycles. The van der Waals surface area contributed by atoms with E-state index in [1.165, 1.54) is 18.0 Å². The zero-order valence-corrected chi connectivity index (χ0v) is 15.8. The highest BCUT2D eigenvalue weighted by Gasteiger charge is 2.16. The van der Waals surface area contributed by atoms with Crippen LogP contribution in [-0.2, 0) is 18.3 Å². The molecule has 27 heavy (non-hydrogen) atoms. The number of allylic oxidation sites excluding steroid dienone is 1. The lowest BCUT2D eigenvalue weighted by Crippen LogP contribution is -2.30. The molecular weight excluding hydrogens is 360 g/mol. The fourth-order valence-electron chi connectivity index (χ4n) is 2.69. The lowest BCUT2D eigenvalue weighted by molar-refractivity contribution is -0.683. The number of hydrogen-bond acceptors (Lipinski definition) is 4. The highest BCUT2D eigenvalue weighted by molar-refractivity contribution is 7.99. The van der Waals surface area contributed by atoms with Crippen LogP contribution >= 0.6 is 11.8 Å². The molecular formula is C20H21N4O2S+. The van der Waals surface area contributed by atoms with Gasteiger partial charge in [0.25, 0.3) is 5.91 Å². The maximum Gasteiger partial charge on any atom is 0.317 e. The van der Waals surface area contributed by atoms with Gasteiger partial charge < -0.3 is 5.11 Å². The molecule has 2 aromatic carbocycles. The van der Waals surface area contributed by atoms with Crippen LogP contribution in [0.4, 0.5) is 0 Å². The summed E-state index contributed by atoms with van der Waals surface area (Å²) in [5.41, 5.74) is 5.90. The van der Waals surface area contributed by atoms with Crippen molar-refractivity contribution in [3.05, 3.63) is 66.2 Å². The Kier molecular flexibility index (Phi) is 5.93. The molecule has 1 amide bonds. The number of fused-ring (bicyclic) bond motifs is 1. The fraction of sp³-hybridized carbons (Fsp3) is 0.150. The minimum absolute atomic E-state index is 0.148. The largest absolute Gasteiger partial charge is 0.507 e. The molecule has 1 aromatic heterocycles. The van der Waals surface area contributed by atoms with E-state index in [4.69, 9.17) is 0 Å². The number of para-hydroxylation sites is 3. The number of aromatic amines is 1. The Morgan fingerprint density at radius 1 is 1.33 bits per heavy atom. The van der Waals surface area contributed by atoms with Crippen molar-refractivity contribution in [2.24, 2.45) is 12.1 Å². The number of amides is 1. The molecule has 0 spiro atoms. The van der Waals surface area contributed by atoms with Crippen LogP contribution in [0.15, 0.2) is 65.4 Å². The summed E-state index contributed by atoms with van der Waals surface area (Å²) in [7, 11) is 1.95. The number of phenolic OH excluding ortho intramolecular Hbond substituents is 1. The van der Waals surface area contributed by atoms with Crippen LogP contribution in [0.2, 0.25) is 0 Å². The molecule has 138 valence electrons. The molecule has 0 aliphatic heterocycles. The standard InChI is InChI=1S/C20H20N4O2S/c1-3-7-14-8-6-9-15(19(14)26)12-21-23-18(25)13-27-20-22-16-10-4-5-11-17(16)24(20)2/h3-6,8-12H,1,7,13H2,2H3,(H2,21,23,25,26)/p+1. The molecule has 0 radical (unpaired) electrons. The molecule has 3 rings (SSSR count). The normalized spacial score (nSPS) is 11.1. The summed E-state index contributed by atoms with van der Waals surface area (Å²) in [6.45, 7) is 3.67. The summed E-state index contributed by atoms with van der Waals surface area (Å²) in [6, 6.07) is 13.3. The van der Waals surface area contributed by atoms with Crippen LogP contribution in [0.5, 0.6) is 5.75 Å². The van der Waals surface area contributed by atoms with Gasteiger partial charge in [0, 0.05) is 5.56 Å². The zero-order valence-electron chi connectivity index (χ0n) is 15.0. The summed E-state index contributed by atoms with van der Waals surface area (Å²) < 4.78 is 2.01. The molecule has 0 aliphatic carbocycles. The average molecular weight is 381 g/mol. The molecule has 0 atom stereocenters. The van der Waals surface area contributed by atoms with E-state index in [1.54, 1.807) is 12.1 Å². The second-order valence-corrected chi connectivity index (χ2v) is 6.90. The number of carbonyl (C=O) groups excluding carboxylic acids is 1. The Labute approximate surface area is 161 Å². The number of hydrogen-bond donors (Lipinski definition) is 3. The van der Waals surface area contributed by atoms with Gasteiger partial charge >= 0.3 is 5.16 Å². The number of rotatable bonds is 7. The van der Waals surface area contributed by atoms with Crippen molar-refractivity contribution in [3.63, 3.8) is 0 Å². The van der Waals surface area contributed by atoms with Gasteiger partial charge in [0.15, 0.2) is 11.0 Å². The Balaban J connectivity index is 1.58. The first kappa shape index (κ1) is 18.7. The molecule has 0 saturated carbocycles. The maximum atomic E-state index is 12.0. The average Bonchev–Trinajstić information content (AvgIpc) is 2.99. The second-order valence-electron chi connectivity index (χ2n) is 5.94. The van der Waals surface area contributed by atoms with E-state index in [0.717, 1.165) is 21.8 Å². The first-order valence-corrected chi connectivity index (χ1v) is 9.42. The number of aromatic nitrogens is 2. The smallest absolute Gasteiger partial charge is 0.317 e. The Morgan fingerprint density at radius 3 is 2.93 bits per heavy atom. The number of thioether (sulfide) groups is 1. The third-order valence-corrected chi connectivity index (χ3v) is 5.12. The third kappa shape index (κ3) is 4.38. The molecule has 6 nitrogen and oxygen atoms in total. The molecule has 0 aliphatic rings. The first-order valence-electron chi connectivity index (χ1n) is 8.43. The topological polar surface area (TPSA) is 81.4 Å². The van der Waals surface area contributed by atoms with Crippen molar-refractivity contribution in [2.45, 2.75) is 11.6 Å². The van der Waals surface area contributed by atoms with Crippen LogP contribution < -0.4 is 9.99 Å². The van der Waals surface area contributed by atoms with E-state index in [2.05, 4.69) is 22.1 Å². The molecule has 0 bridgehead atoms. The summed E-state index contributed by atoms with van der Waals surface area (Å²) in [5.74, 6) is 0.145. The van der Waals surface area contributed by atoms with Crippen LogP contribution in [0.3, 0.4) is 0 Å². The first-order chi connectivity index (χ1) is 13.1. The van der Waals surface area contributed by atoms with Gasteiger partial charge in [0.1, 0.15) is 5.75 Å². The molecule has 0 fully saturated rings. The number of aromatic hydroxyl groups is 1. The summed E-state index contributed by atoms with van der Waals surface area (Å²) in [4.78, 5) is 15.3. The van der Waals surface area contributed by atoms with Gasteiger partial charge in [-0.05, 0) is 41.9 Å². The van der Waals surface area contributed by atoms with Crippen molar-refractivity contribution >= 4 is 34.9 Å². The van der Waals surface area contributed by atoms with Gasteiger partial charge in [-0.2, -0.15) is 5.10 Å². The van der Waals surface area contributed by atoms with E-state index in [-0.39, 0.29) is 17.4 Å². The monoisotopic (exact) mass is 381 g/mol. The number of H-pyrrole nitrogens is 1.